The largest absolute Gasteiger partial charge is 0.298 e. The second-order valence-electron chi connectivity index (χ2n) is 6.21. The average molecular weight is 377 g/mol. The SMILES string of the molecule is C=CCN1C(=O)c2ccc(C(=O)Nc3nc4ccc(C)cc4s3)cc2C1=O. The first kappa shape index (κ1) is 17.1. The second-order valence-corrected chi connectivity index (χ2v) is 7.24. The normalized spacial score (nSPS) is 13.1. The van der Waals surface area contributed by atoms with Crippen LogP contribution in [0.25, 0.3) is 10.2 Å². The number of benzene rings is 2. The van der Waals surface area contributed by atoms with Crippen molar-refractivity contribution < 1.29 is 14.4 Å². The summed E-state index contributed by atoms with van der Waals surface area (Å²) in [5.41, 5.74) is 2.76. The van der Waals surface area contributed by atoms with Crippen LogP contribution in [-0.4, -0.2) is 34.2 Å². The van der Waals surface area contributed by atoms with Gasteiger partial charge in [0.2, 0.25) is 0 Å². The molecule has 1 N–H and O–H groups in total. The van der Waals surface area contributed by atoms with Gasteiger partial charge < -0.3 is 0 Å². The Labute approximate surface area is 159 Å². The van der Waals surface area contributed by atoms with Gasteiger partial charge in [-0.15, -0.1) is 6.58 Å². The molecule has 1 aliphatic heterocycles. The Morgan fingerprint density at radius 3 is 2.74 bits per heavy atom. The molecular formula is C20H15N3O3S. The molecule has 0 atom stereocenters. The number of amides is 3. The van der Waals surface area contributed by atoms with Crippen molar-refractivity contribution >= 4 is 44.4 Å². The first-order valence-electron chi connectivity index (χ1n) is 8.27. The van der Waals surface area contributed by atoms with Gasteiger partial charge in [-0.3, -0.25) is 24.6 Å². The van der Waals surface area contributed by atoms with Crippen LogP contribution in [0, 0.1) is 6.92 Å². The van der Waals surface area contributed by atoms with E-state index in [0.717, 1.165) is 20.7 Å². The molecule has 3 amide bonds. The summed E-state index contributed by atoms with van der Waals surface area (Å²) in [5.74, 6) is -1.17. The second kappa shape index (κ2) is 6.44. The smallest absolute Gasteiger partial charge is 0.261 e. The number of carbonyl (C=O) groups excluding carboxylic acids is 3. The van der Waals surface area contributed by atoms with Gasteiger partial charge in [-0.1, -0.05) is 23.5 Å². The number of hydrogen-bond donors (Lipinski definition) is 1. The lowest BCUT2D eigenvalue weighted by molar-refractivity contribution is 0.0672. The highest BCUT2D eigenvalue weighted by molar-refractivity contribution is 7.22. The number of nitrogens with one attached hydrogen (secondary N) is 1. The molecule has 2 aromatic carbocycles. The quantitative estimate of drug-likeness (QED) is 0.556. The molecule has 0 saturated carbocycles. The van der Waals surface area contributed by atoms with E-state index in [1.54, 1.807) is 0 Å². The standard InChI is InChI=1S/C20H15N3O3S/c1-3-8-23-18(25)13-6-5-12(10-14(13)19(23)26)17(24)22-20-21-15-7-4-11(2)9-16(15)27-20/h3-7,9-10H,1,8H2,2H3,(H,21,22,24). The van der Waals surface area contributed by atoms with Crippen LogP contribution < -0.4 is 5.32 Å². The minimum absolute atomic E-state index is 0.138. The van der Waals surface area contributed by atoms with Crippen LogP contribution in [0.15, 0.2) is 49.1 Å². The number of carbonyl (C=O) groups is 3. The number of aryl methyl sites for hydroxylation is 1. The molecule has 0 fully saturated rings. The summed E-state index contributed by atoms with van der Waals surface area (Å²) in [6.07, 6.45) is 1.49. The van der Waals surface area contributed by atoms with E-state index in [2.05, 4.69) is 16.9 Å². The van der Waals surface area contributed by atoms with Crippen molar-refractivity contribution in [2.75, 3.05) is 11.9 Å². The van der Waals surface area contributed by atoms with Gasteiger partial charge in [0.05, 0.1) is 21.3 Å². The van der Waals surface area contributed by atoms with Gasteiger partial charge in [-0.05, 0) is 42.8 Å². The molecule has 0 spiro atoms. The fraction of sp³-hybridized carbons (Fsp3) is 0.100. The summed E-state index contributed by atoms with van der Waals surface area (Å²) in [6, 6.07) is 10.4. The Morgan fingerprint density at radius 2 is 1.96 bits per heavy atom. The average Bonchev–Trinajstić information content (AvgIpc) is 3.15. The third-order valence-electron chi connectivity index (χ3n) is 4.31. The zero-order chi connectivity index (χ0) is 19.1. The number of rotatable bonds is 4. The molecule has 0 unspecified atom stereocenters. The van der Waals surface area contributed by atoms with Gasteiger partial charge in [-0.2, -0.15) is 0 Å². The van der Waals surface area contributed by atoms with Crippen molar-refractivity contribution in [1.82, 2.24) is 9.88 Å². The molecular weight excluding hydrogens is 362 g/mol. The molecule has 3 aromatic rings. The van der Waals surface area contributed by atoms with Gasteiger partial charge in [0.25, 0.3) is 17.7 Å². The fourth-order valence-electron chi connectivity index (χ4n) is 2.98. The van der Waals surface area contributed by atoms with Crippen molar-refractivity contribution in [3.63, 3.8) is 0 Å². The maximum absolute atomic E-state index is 12.6. The van der Waals surface area contributed by atoms with E-state index < -0.39 is 5.91 Å². The Morgan fingerprint density at radius 1 is 1.19 bits per heavy atom. The molecule has 2 heterocycles. The molecule has 134 valence electrons. The number of aromatic nitrogens is 1. The zero-order valence-corrected chi connectivity index (χ0v) is 15.3. The van der Waals surface area contributed by atoms with Crippen LogP contribution in [0.2, 0.25) is 0 Å². The Kier molecular flexibility index (Phi) is 4.08. The monoisotopic (exact) mass is 377 g/mol. The first-order valence-corrected chi connectivity index (χ1v) is 9.09. The summed E-state index contributed by atoms with van der Waals surface area (Å²) in [5, 5.41) is 3.25. The van der Waals surface area contributed by atoms with Crippen molar-refractivity contribution in [2.45, 2.75) is 6.92 Å². The molecule has 4 rings (SSSR count). The number of imide groups is 1. The predicted octanol–water partition coefficient (Wildman–Crippen LogP) is 3.64. The summed E-state index contributed by atoms with van der Waals surface area (Å²) in [7, 11) is 0. The molecule has 27 heavy (non-hydrogen) atoms. The van der Waals surface area contributed by atoms with Gasteiger partial charge in [-0.25, -0.2) is 4.98 Å². The maximum atomic E-state index is 12.6. The van der Waals surface area contributed by atoms with Crippen molar-refractivity contribution in [3.05, 3.63) is 71.3 Å². The molecule has 0 aliphatic carbocycles. The van der Waals surface area contributed by atoms with Crippen LogP contribution in [0.1, 0.15) is 36.6 Å². The molecule has 1 aromatic heterocycles. The van der Waals surface area contributed by atoms with Crippen LogP contribution >= 0.6 is 11.3 Å². The molecule has 0 saturated heterocycles. The summed E-state index contributed by atoms with van der Waals surface area (Å²) in [4.78, 5) is 42.7. The molecule has 1 aliphatic rings. The minimum atomic E-state index is -0.417. The molecule has 6 nitrogen and oxygen atoms in total. The van der Waals surface area contributed by atoms with Gasteiger partial charge in [0.1, 0.15) is 0 Å². The Hall–Kier alpha value is -3.32. The van der Waals surface area contributed by atoms with E-state index in [1.165, 1.54) is 35.6 Å². The predicted molar refractivity (Wildman–Crippen MR) is 104 cm³/mol. The van der Waals surface area contributed by atoms with Gasteiger partial charge >= 0.3 is 0 Å². The van der Waals surface area contributed by atoms with E-state index in [4.69, 9.17) is 0 Å². The number of fused-ring (bicyclic) bond motifs is 2. The first-order chi connectivity index (χ1) is 13.0. The maximum Gasteiger partial charge on any atom is 0.261 e. The third-order valence-corrected chi connectivity index (χ3v) is 5.24. The van der Waals surface area contributed by atoms with Crippen molar-refractivity contribution in [1.29, 1.82) is 0 Å². The van der Waals surface area contributed by atoms with Crippen LogP contribution in [0.4, 0.5) is 5.13 Å². The van der Waals surface area contributed by atoms with Crippen molar-refractivity contribution in [3.8, 4) is 0 Å². The van der Waals surface area contributed by atoms with Crippen LogP contribution in [-0.2, 0) is 0 Å². The molecule has 7 heteroatoms. The van der Waals surface area contributed by atoms with E-state index in [1.807, 2.05) is 25.1 Å². The summed E-state index contributed by atoms with van der Waals surface area (Å²) >= 11 is 1.38. The highest BCUT2D eigenvalue weighted by atomic mass is 32.1. The fourth-order valence-corrected chi connectivity index (χ4v) is 3.94. The van der Waals surface area contributed by atoms with E-state index in [-0.39, 0.29) is 23.9 Å². The van der Waals surface area contributed by atoms with E-state index >= 15 is 0 Å². The number of nitrogens with zero attached hydrogens (tertiary/aromatic N) is 2. The summed E-state index contributed by atoms with van der Waals surface area (Å²) in [6.45, 7) is 5.69. The molecule has 0 radical (unpaired) electrons. The van der Waals surface area contributed by atoms with Crippen LogP contribution in [0.5, 0.6) is 0 Å². The zero-order valence-electron chi connectivity index (χ0n) is 14.5. The minimum Gasteiger partial charge on any atom is -0.298 e. The highest BCUT2D eigenvalue weighted by Gasteiger charge is 2.35. The molecule has 0 bridgehead atoms. The summed E-state index contributed by atoms with van der Waals surface area (Å²) < 4.78 is 0.986. The van der Waals surface area contributed by atoms with E-state index in [0.29, 0.717) is 16.3 Å². The van der Waals surface area contributed by atoms with Crippen molar-refractivity contribution in [2.24, 2.45) is 0 Å². The highest BCUT2D eigenvalue weighted by Crippen LogP contribution is 2.28. The van der Waals surface area contributed by atoms with Crippen LogP contribution in [0.3, 0.4) is 0 Å². The van der Waals surface area contributed by atoms with Gasteiger partial charge in [0, 0.05) is 12.1 Å². The number of thiazole rings is 1. The lowest BCUT2D eigenvalue weighted by Crippen LogP contribution is -2.29. The Bertz CT molecular complexity index is 1130. The topological polar surface area (TPSA) is 79.4 Å². The number of anilines is 1. The lowest BCUT2D eigenvalue weighted by Gasteiger charge is -2.09. The van der Waals surface area contributed by atoms with Gasteiger partial charge in [0.15, 0.2) is 5.13 Å². The lowest BCUT2D eigenvalue weighted by atomic mass is 10.1. The third kappa shape index (κ3) is 2.92. The number of hydrogen-bond acceptors (Lipinski definition) is 5. The van der Waals surface area contributed by atoms with E-state index in [9.17, 15) is 14.4 Å². The Balaban J connectivity index is 1.61.